The number of hydrogen-bond donors (Lipinski definition) is 1. The van der Waals surface area contributed by atoms with Gasteiger partial charge in [0.15, 0.2) is 5.13 Å². The molecule has 0 spiro atoms. The minimum atomic E-state index is -0.331. The molecular weight excluding hydrogens is 339 g/mol. The molecule has 0 aliphatic rings. The lowest BCUT2D eigenvalue weighted by atomic mass is 10.1. The number of carbonyl (C=O) groups excluding carboxylic acids is 1. The lowest BCUT2D eigenvalue weighted by Crippen LogP contribution is -2.14. The first-order valence-corrected chi connectivity index (χ1v) is 7.93. The summed E-state index contributed by atoms with van der Waals surface area (Å²) in [6, 6.07) is 9.26. The third kappa shape index (κ3) is 3.43. The molecule has 0 bridgehead atoms. The van der Waals surface area contributed by atoms with Crippen molar-refractivity contribution in [1.29, 1.82) is 0 Å². The van der Waals surface area contributed by atoms with E-state index in [9.17, 15) is 9.18 Å². The number of methoxy groups -OCH3 is 1. The van der Waals surface area contributed by atoms with Crippen molar-refractivity contribution in [2.75, 3.05) is 12.4 Å². The lowest BCUT2D eigenvalue weighted by molar-refractivity contribution is -0.115. The molecule has 1 amide bonds. The largest absolute Gasteiger partial charge is 0.494 e. The predicted octanol–water partition coefficient (Wildman–Crippen LogP) is 4.28. The number of rotatable bonds is 4. The number of anilines is 1. The fourth-order valence-corrected chi connectivity index (χ4v) is 3.29. The van der Waals surface area contributed by atoms with Crippen LogP contribution in [0.4, 0.5) is 9.52 Å². The van der Waals surface area contributed by atoms with Crippen LogP contribution in [0.1, 0.15) is 5.56 Å². The molecule has 0 saturated heterocycles. The van der Waals surface area contributed by atoms with Gasteiger partial charge in [-0.25, -0.2) is 9.37 Å². The summed E-state index contributed by atoms with van der Waals surface area (Å²) in [5.74, 6) is 0.0347. The van der Waals surface area contributed by atoms with Crippen LogP contribution < -0.4 is 10.1 Å². The molecule has 0 aliphatic heterocycles. The van der Waals surface area contributed by atoms with E-state index >= 15 is 0 Å². The van der Waals surface area contributed by atoms with Crippen LogP contribution in [0.3, 0.4) is 0 Å². The van der Waals surface area contributed by atoms with Crippen molar-refractivity contribution in [1.82, 2.24) is 4.98 Å². The number of benzene rings is 2. The summed E-state index contributed by atoms with van der Waals surface area (Å²) < 4.78 is 18.9. The summed E-state index contributed by atoms with van der Waals surface area (Å²) in [5.41, 5.74) is 1.34. The van der Waals surface area contributed by atoms with Gasteiger partial charge in [0.25, 0.3) is 0 Å². The molecule has 1 N–H and O–H groups in total. The van der Waals surface area contributed by atoms with Gasteiger partial charge in [0, 0.05) is 0 Å². The number of amides is 1. The third-order valence-corrected chi connectivity index (χ3v) is 4.63. The fraction of sp³-hybridized carbons (Fsp3) is 0.125. The van der Waals surface area contributed by atoms with E-state index in [2.05, 4.69) is 10.3 Å². The Bertz CT molecular complexity index is 864. The summed E-state index contributed by atoms with van der Waals surface area (Å²) in [4.78, 5) is 16.4. The lowest BCUT2D eigenvalue weighted by Gasteiger charge is -2.02. The Balaban J connectivity index is 1.79. The zero-order valence-electron chi connectivity index (χ0n) is 12.1. The van der Waals surface area contributed by atoms with Crippen molar-refractivity contribution in [3.8, 4) is 5.75 Å². The maximum Gasteiger partial charge on any atom is 0.230 e. The maximum atomic E-state index is 12.9. The average Bonchev–Trinajstić information content (AvgIpc) is 2.94. The Morgan fingerprint density at radius 1 is 1.30 bits per heavy atom. The number of nitrogens with one attached hydrogen (secondary N) is 1. The van der Waals surface area contributed by atoms with E-state index in [0.29, 0.717) is 21.4 Å². The molecule has 0 radical (unpaired) electrons. The third-order valence-electron chi connectivity index (χ3n) is 3.20. The highest BCUT2D eigenvalue weighted by atomic mass is 35.5. The van der Waals surface area contributed by atoms with Gasteiger partial charge < -0.3 is 10.1 Å². The highest BCUT2D eigenvalue weighted by Crippen LogP contribution is 2.37. The smallest absolute Gasteiger partial charge is 0.230 e. The van der Waals surface area contributed by atoms with E-state index in [-0.39, 0.29) is 18.1 Å². The van der Waals surface area contributed by atoms with E-state index < -0.39 is 0 Å². The van der Waals surface area contributed by atoms with E-state index in [4.69, 9.17) is 16.3 Å². The molecule has 0 saturated carbocycles. The van der Waals surface area contributed by atoms with E-state index in [1.54, 1.807) is 31.4 Å². The molecule has 1 aromatic heterocycles. The van der Waals surface area contributed by atoms with Crippen molar-refractivity contribution in [2.45, 2.75) is 6.42 Å². The molecule has 0 unspecified atom stereocenters. The zero-order valence-corrected chi connectivity index (χ0v) is 13.7. The molecule has 4 nitrogen and oxygen atoms in total. The Labute approximate surface area is 140 Å². The molecule has 3 aromatic rings. The Morgan fingerprint density at radius 3 is 2.74 bits per heavy atom. The van der Waals surface area contributed by atoms with Gasteiger partial charge in [0.05, 0.1) is 23.3 Å². The monoisotopic (exact) mass is 350 g/mol. The minimum absolute atomic E-state index is 0.140. The van der Waals surface area contributed by atoms with Crippen LogP contribution >= 0.6 is 22.9 Å². The van der Waals surface area contributed by atoms with Crippen LogP contribution in [-0.4, -0.2) is 18.0 Å². The Hall–Kier alpha value is -2.18. The van der Waals surface area contributed by atoms with E-state index in [0.717, 1.165) is 10.3 Å². The minimum Gasteiger partial charge on any atom is -0.494 e. The van der Waals surface area contributed by atoms with Gasteiger partial charge in [-0.3, -0.25) is 4.79 Å². The second-order valence-corrected chi connectivity index (χ2v) is 6.20. The van der Waals surface area contributed by atoms with Crippen LogP contribution in [0.5, 0.6) is 5.75 Å². The van der Waals surface area contributed by atoms with Crippen LogP contribution in [0.15, 0.2) is 36.4 Å². The first kappa shape index (κ1) is 15.7. The number of thiazole rings is 1. The van der Waals surface area contributed by atoms with Gasteiger partial charge in [-0.1, -0.05) is 35.1 Å². The first-order valence-electron chi connectivity index (χ1n) is 6.74. The second-order valence-electron chi connectivity index (χ2n) is 4.80. The molecule has 2 aromatic carbocycles. The molecule has 3 rings (SSSR count). The van der Waals surface area contributed by atoms with Gasteiger partial charge in [0.1, 0.15) is 17.1 Å². The average molecular weight is 351 g/mol. The van der Waals surface area contributed by atoms with Crippen LogP contribution in [0, 0.1) is 5.82 Å². The molecular formula is C16H12ClFN2O2S. The van der Waals surface area contributed by atoms with Crippen molar-refractivity contribution in [3.63, 3.8) is 0 Å². The van der Waals surface area contributed by atoms with Crippen LogP contribution in [-0.2, 0) is 11.2 Å². The van der Waals surface area contributed by atoms with Gasteiger partial charge >= 0.3 is 0 Å². The van der Waals surface area contributed by atoms with E-state index in [1.807, 2.05) is 0 Å². The summed E-state index contributed by atoms with van der Waals surface area (Å²) >= 11 is 7.43. The molecule has 1 heterocycles. The molecule has 0 atom stereocenters. The maximum absolute atomic E-state index is 12.9. The van der Waals surface area contributed by atoms with Crippen LogP contribution in [0.2, 0.25) is 5.02 Å². The summed E-state index contributed by atoms with van der Waals surface area (Å²) in [7, 11) is 1.55. The molecule has 0 fully saturated rings. The van der Waals surface area contributed by atoms with Gasteiger partial charge in [-0.2, -0.15) is 0 Å². The van der Waals surface area contributed by atoms with Crippen molar-refractivity contribution in [2.24, 2.45) is 0 Å². The number of nitrogens with zero attached hydrogens (tertiary/aromatic N) is 1. The molecule has 118 valence electrons. The van der Waals surface area contributed by atoms with Crippen molar-refractivity contribution in [3.05, 3.63) is 52.8 Å². The number of ether oxygens (including phenoxy) is 1. The van der Waals surface area contributed by atoms with Gasteiger partial charge in [-0.15, -0.1) is 0 Å². The highest BCUT2D eigenvalue weighted by Gasteiger charge is 2.14. The summed E-state index contributed by atoms with van der Waals surface area (Å²) in [6.07, 6.45) is 0.140. The SMILES string of the molecule is COc1ccc(Cl)c2sc(NC(=O)Cc3ccc(F)cc3)nc12. The van der Waals surface area contributed by atoms with Crippen LogP contribution in [0.25, 0.3) is 10.2 Å². The van der Waals surface area contributed by atoms with Gasteiger partial charge in [-0.05, 0) is 29.8 Å². The fourth-order valence-electron chi connectivity index (χ4n) is 2.12. The Morgan fingerprint density at radius 2 is 2.04 bits per heavy atom. The zero-order chi connectivity index (χ0) is 16.4. The topological polar surface area (TPSA) is 51.2 Å². The standard InChI is InChI=1S/C16H12ClFN2O2S/c1-22-12-7-6-11(17)15-14(12)20-16(23-15)19-13(21)8-9-2-4-10(18)5-3-9/h2-7H,8H2,1H3,(H,19,20,21). The first-order chi connectivity index (χ1) is 11.1. The number of carbonyl (C=O) groups is 1. The number of halogens is 2. The number of hydrogen-bond acceptors (Lipinski definition) is 4. The number of aromatic nitrogens is 1. The summed E-state index contributed by atoms with van der Waals surface area (Å²) in [5, 5.41) is 3.73. The van der Waals surface area contributed by atoms with Crippen molar-refractivity contribution >= 4 is 44.2 Å². The Kier molecular flexibility index (Phi) is 4.45. The molecule has 7 heteroatoms. The van der Waals surface area contributed by atoms with Crippen molar-refractivity contribution < 1.29 is 13.9 Å². The molecule has 23 heavy (non-hydrogen) atoms. The van der Waals surface area contributed by atoms with E-state index in [1.165, 1.54) is 23.5 Å². The highest BCUT2D eigenvalue weighted by molar-refractivity contribution is 7.23. The normalized spacial score (nSPS) is 10.7. The van der Waals surface area contributed by atoms with Gasteiger partial charge in [0.2, 0.25) is 5.91 Å². The summed E-state index contributed by atoms with van der Waals surface area (Å²) in [6.45, 7) is 0. The predicted molar refractivity (Wildman–Crippen MR) is 89.9 cm³/mol. The quantitative estimate of drug-likeness (QED) is 0.764. The second kappa shape index (κ2) is 6.52. The number of fused-ring (bicyclic) bond motifs is 1. The molecule has 0 aliphatic carbocycles.